The number of hydrogen-bond donors (Lipinski definition) is 1. The molecule has 2 aromatic rings. The molecule has 0 amide bonds. The summed E-state index contributed by atoms with van der Waals surface area (Å²) in [6.45, 7) is 0. The third kappa shape index (κ3) is 1.16. The molecule has 0 unspecified atom stereocenters. The number of rotatable bonds is 0. The van der Waals surface area contributed by atoms with Crippen LogP contribution in [0.15, 0.2) is 28.7 Å². The van der Waals surface area contributed by atoms with Crippen molar-refractivity contribution in [2.75, 3.05) is 0 Å². The quantitative estimate of drug-likeness (QED) is 0.626. The fourth-order valence-electron chi connectivity index (χ4n) is 1.24. The number of aromatic amines is 1. The number of halogens is 1. The van der Waals surface area contributed by atoms with Gasteiger partial charge >= 0.3 is 82.6 Å². The summed E-state index contributed by atoms with van der Waals surface area (Å²) < 4.78 is 2.36. The first-order valence-corrected chi connectivity index (χ1v) is 4.31. The van der Waals surface area contributed by atoms with Crippen LogP contribution in [0, 0.1) is 0 Å². The Kier molecular flexibility index (Phi) is 1.84. The molecule has 0 atom stereocenters. The van der Waals surface area contributed by atoms with Crippen molar-refractivity contribution < 1.29 is 0 Å². The first-order valence-electron chi connectivity index (χ1n) is 3.52. The first-order chi connectivity index (χ1) is 5.29. The van der Waals surface area contributed by atoms with E-state index in [-0.39, 0.29) is 0 Å². The summed E-state index contributed by atoms with van der Waals surface area (Å²) in [5.41, 5.74) is 1.19. The number of aromatic nitrogens is 1. The van der Waals surface area contributed by atoms with E-state index in [1.807, 2.05) is 12.1 Å². The Hall–Kier alpha value is -0.163. The van der Waals surface area contributed by atoms with Gasteiger partial charge in [-0.3, -0.25) is 0 Å². The fraction of sp³-hybridized carbons (Fsp3) is 0. The van der Waals surface area contributed by atoms with Gasteiger partial charge < -0.3 is 0 Å². The van der Waals surface area contributed by atoms with Crippen LogP contribution in [0.2, 0.25) is 0 Å². The third-order valence-electron chi connectivity index (χ3n) is 1.81. The Morgan fingerprint density at radius 2 is 2.00 bits per heavy atom. The molecule has 0 saturated heterocycles. The van der Waals surface area contributed by atoms with Crippen molar-refractivity contribution in [1.29, 1.82) is 0 Å². The van der Waals surface area contributed by atoms with Crippen molar-refractivity contribution in [3.63, 3.8) is 0 Å². The van der Waals surface area contributed by atoms with Crippen LogP contribution >= 0.6 is 15.9 Å². The Balaban J connectivity index is 2.92. The van der Waals surface area contributed by atoms with Gasteiger partial charge in [0.05, 0.1) is 0 Å². The Morgan fingerprint density at radius 3 is 2.73 bits per heavy atom. The predicted octanol–water partition coefficient (Wildman–Crippen LogP) is 1.72. The number of para-hydroxylation sites is 1. The van der Waals surface area contributed by atoms with Crippen LogP contribution in [0.3, 0.4) is 0 Å². The normalized spacial score (nSPS) is 10.8. The summed E-state index contributed by atoms with van der Waals surface area (Å²) in [5.74, 6) is 0. The summed E-state index contributed by atoms with van der Waals surface area (Å²) in [7, 11) is 0. The van der Waals surface area contributed by atoms with E-state index in [1.54, 1.807) is 0 Å². The van der Waals surface area contributed by atoms with Crippen molar-refractivity contribution in [2.24, 2.45) is 0 Å². The molecule has 0 radical (unpaired) electrons. The van der Waals surface area contributed by atoms with Crippen molar-refractivity contribution in [3.8, 4) is 0 Å². The van der Waals surface area contributed by atoms with Crippen molar-refractivity contribution in [1.82, 2.24) is 4.98 Å². The molecule has 1 nitrogen and oxygen atoms in total. The Morgan fingerprint density at radius 1 is 1.27 bits per heavy atom. The average molecular weight is 202 g/mol. The summed E-state index contributed by atoms with van der Waals surface area (Å²) in [6.07, 6.45) is 0. The van der Waals surface area contributed by atoms with Gasteiger partial charge in [-0.05, 0) is 0 Å². The third-order valence-corrected chi connectivity index (χ3v) is 2.84. The zero-order valence-corrected chi connectivity index (χ0v) is 7.77. The van der Waals surface area contributed by atoms with E-state index in [2.05, 4.69) is 50.8 Å². The topological polar surface area (TPSA) is 15.8 Å². The molecular weight excluding hydrogens is 197 g/mol. The molecule has 0 aliphatic heterocycles. The van der Waals surface area contributed by atoms with Gasteiger partial charge in [0.25, 0.3) is 0 Å². The molecule has 11 heavy (non-hydrogen) atoms. The number of H-pyrrole nitrogens is 1. The number of nitrogens with one attached hydrogen (secondary N) is 1. The Labute approximate surface area is 82.5 Å². The standard InChI is InChI=1S/C8H5BrN.Li/c9-7-5-10-8-4-2-1-3-6(7)8;/h1-4,10H;. The molecule has 50 valence electrons. The van der Waals surface area contributed by atoms with Crippen LogP contribution < -0.4 is 4.37 Å². The van der Waals surface area contributed by atoms with E-state index >= 15 is 0 Å². The molecule has 0 fully saturated rings. The van der Waals surface area contributed by atoms with Crippen LogP contribution in [0.1, 0.15) is 0 Å². The molecule has 1 aromatic heterocycles. The zero-order valence-electron chi connectivity index (χ0n) is 6.19. The van der Waals surface area contributed by atoms with Gasteiger partial charge in [-0.15, -0.1) is 0 Å². The Bertz CT molecular complexity index is 394. The molecular formula is C8H5BrLiN. The molecule has 1 N–H and O–H groups in total. The zero-order chi connectivity index (χ0) is 7.84. The van der Waals surface area contributed by atoms with E-state index < -0.39 is 0 Å². The van der Waals surface area contributed by atoms with Gasteiger partial charge in [-0.25, -0.2) is 0 Å². The van der Waals surface area contributed by atoms with Crippen molar-refractivity contribution in [3.05, 3.63) is 28.7 Å². The molecule has 2 rings (SSSR count). The van der Waals surface area contributed by atoms with Crippen molar-refractivity contribution >= 4 is 48.9 Å². The van der Waals surface area contributed by atoms with E-state index in [0.29, 0.717) is 0 Å². The van der Waals surface area contributed by atoms with Gasteiger partial charge in [-0.1, -0.05) is 0 Å². The van der Waals surface area contributed by atoms with E-state index in [4.69, 9.17) is 0 Å². The molecule has 1 heterocycles. The maximum atomic E-state index is 3.52. The second kappa shape index (κ2) is 2.71. The number of benzene rings is 1. The minimum atomic E-state index is 1.17. The van der Waals surface area contributed by atoms with Crippen LogP contribution in [0.5, 0.6) is 0 Å². The second-order valence-corrected chi connectivity index (χ2v) is 3.40. The minimum absolute atomic E-state index is 1.17. The predicted molar refractivity (Wildman–Crippen MR) is 51.4 cm³/mol. The van der Waals surface area contributed by atoms with Gasteiger partial charge in [0.2, 0.25) is 0 Å². The SMILES string of the molecule is [Li][c]1[nH]c2ccccc2c1Br. The molecule has 1 aromatic carbocycles. The van der Waals surface area contributed by atoms with Gasteiger partial charge in [-0.2, -0.15) is 0 Å². The number of fused-ring (bicyclic) bond motifs is 1. The summed E-state index contributed by atoms with van der Waals surface area (Å²) >= 11 is 5.58. The van der Waals surface area contributed by atoms with Gasteiger partial charge in [0.15, 0.2) is 0 Å². The number of hydrogen-bond acceptors (Lipinski definition) is 0. The van der Waals surface area contributed by atoms with Gasteiger partial charge in [0.1, 0.15) is 0 Å². The van der Waals surface area contributed by atoms with E-state index in [0.717, 1.165) is 0 Å². The maximum absolute atomic E-state index is 3.52. The molecule has 0 aliphatic rings. The van der Waals surface area contributed by atoms with Gasteiger partial charge in [0, 0.05) is 0 Å². The van der Waals surface area contributed by atoms with E-state index in [9.17, 15) is 0 Å². The molecule has 3 heteroatoms. The average Bonchev–Trinajstić information content (AvgIpc) is 2.30. The van der Waals surface area contributed by atoms with Crippen molar-refractivity contribution in [2.45, 2.75) is 0 Å². The second-order valence-electron chi connectivity index (χ2n) is 2.61. The molecule has 0 bridgehead atoms. The molecule has 0 saturated carbocycles. The summed E-state index contributed by atoms with van der Waals surface area (Å²) in [5, 5.41) is 1.25. The monoisotopic (exact) mass is 201 g/mol. The molecule has 0 spiro atoms. The summed E-state index contributed by atoms with van der Waals surface area (Å²) in [4.78, 5) is 3.28. The van der Waals surface area contributed by atoms with Crippen LogP contribution in [-0.2, 0) is 0 Å². The van der Waals surface area contributed by atoms with E-state index in [1.165, 1.54) is 19.7 Å². The van der Waals surface area contributed by atoms with Crippen LogP contribution in [0.25, 0.3) is 10.9 Å². The van der Waals surface area contributed by atoms with Crippen LogP contribution in [0.4, 0.5) is 0 Å². The fourth-order valence-corrected chi connectivity index (χ4v) is 1.69. The van der Waals surface area contributed by atoms with Crippen LogP contribution in [-0.4, -0.2) is 22.7 Å². The molecule has 0 aliphatic carbocycles. The summed E-state index contributed by atoms with van der Waals surface area (Å²) in [6, 6.07) is 8.25. The first kappa shape index (κ1) is 7.48.